The Morgan fingerprint density at radius 2 is 2.27 bits per heavy atom. The van der Waals surface area contributed by atoms with Gasteiger partial charge in [-0.25, -0.2) is 4.63 Å². The second-order valence-electron chi connectivity index (χ2n) is 2.37. The molecule has 9 nitrogen and oxygen atoms in total. The Morgan fingerprint density at radius 3 is 2.93 bits per heavy atom. The molecule has 2 heterocycles. The monoisotopic (exact) mass is 210 g/mol. The van der Waals surface area contributed by atoms with Gasteiger partial charge in [-0.1, -0.05) is 10.3 Å². The summed E-state index contributed by atoms with van der Waals surface area (Å²) in [6, 6.07) is 0. The molecular weight excluding hydrogens is 204 g/mol. The summed E-state index contributed by atoms with van der Waals surface area (Å²) in [4.78, 5) is 8.34. The molecule has 0 aliphatic heterocycles. The number of nitrogens with two attached hydrogens (primary N) is 1. The van der Waals surface area contributed by atoms with Crippen molar-refractivity contribution in [3.63, 3.8) is 0 Å². The van der Waals surface area contributed by atoms with Gasteiger partial charge in [0.15, 0.2) is 11.5 Å². The van der Waals surface area contributed by atoms with Crippen molar-refractivity contribution < 1.29 is 14.0 Å². The minimum atomic E-state index is 0.0889. The third-order valence-electron chi connectivity index (χ3n) is 1.44. The summed E-state index contributed by atoms with van der Waals surface area (Å²) in [6.45, 7) is 0. The van der Waals surface area contributed by atoms with E-state index in [0.717, 1.165) is 0 Å². The Bertz CT molecular complexity index is 475. The van der Waals surface area contributed by atoms with Crippen LogP contribution >= 0.6 is 0 Å². The standard InChI is InChI=1S/C6H6N6O3/c1-13-8-2-3-9-6(12-14-3)4-5(7)11-15-10-4/h2H,1H3,(H2,7,11). The van der Waals surface area contributed by atoms with E-state index in [1.54, 1.807) is 0 Å². The lowest BCUT2D eigenvalue weighted by Gasteiger charge is -1.82. The van der Waals surface area contributed by atoms with Gasteiger partial charge < -0.3 is 15.1 Å². The van der Waals surface area contributed by atoms with Gasteiger partial charge in [-0.3, -0.25) is 0 Å². The Labute approximate surface area is 82.8 Å². The first-order valence-electron chi connectivity index (χ1n) is 3.80. The molecule has 0 aliphatic rings. The number of rotatable bonds is 3. The van der Waals surface area contributed by atoms with Gasteiger partial charge >= 0.3 is 0 Å². The highest BCUT2D eigenvalue weighted by Crippen LogP contribution is 2.17. The first-order chi connectivity index (χ1) is 7.31. The van der Waals surface area contributed by atoms with Crippen LogP contribution in [0.2, 0.25) is 0 Å². The molecule has 2 aromatic heterocycles. The maximum absolute atomic E-state index is 5.43. The van der Waals surface area contributed by atoms with Gasteiger partial charge in [0, 0.05) is 0 Å². The lowest BCUT2D eigenvalue weighted by atomic mass is 10.4. The number of hydrogen-bond donors (Lipinski definition) is 1. The van der Waals surface area contributed by atoms with Crippen molar-refractivity contribution in [2.24, 2.45) is 5.16 Å². The smallest absolute Gasteiger partial charge is 0.272 e. The molecule has 2 rings (SSSR count). The molecule has 0 aromatic carbocycles. The van der Waals surface area contributed by atoms with Gasteiger partial charge in [0.1, 0.15) is 13.3 Å². The molecule has 9 heteroatoms. The number of aromatic nitrogens is 4. The van der Waals surface area contributed by atoms with E-state index in [4.69, 9.17) is 10.3 Å². The molecule has 0 atom stereocenters. The number of oxime groups is 1. The number of nitrogens with zero attached hydrogens (tertiary/aromatic N) is 5. The Kier molecular flexibility index (Phi) is 2.27. The summed E-state index contributed by atoms with van der Waals surface area (Å²) in [6.07, 6.45) is 1.25. The van der Waals surface area contributed by atoms with Crippen LogP contribution in [0.25, 0.3) is 11.5 Å². The van der Waals surface area contributed by atoms with Gasteiger partial charge in [-0.05, 0) is 10.3 Å². The third kappa shape index (κ3) is 1.75. The zero-order valence-electron chi connectivity index (χ0n) is 7.62. The fourth-order valence-electron chi connectivity index (χ4n) is 0.832. The topological polar surface area (TPSA) is 125 Å². The van der Waals surface area contributed by atoms with Crippen molar-refractivity contribution in [2.75, 3.05) is 12.8 Å². The first kappa shape index (κ1) is 9.12. The van der Waals surface area contributed by atoms with Crippen LogP contribution in [0.15, 0.2) is 14.3 Å². The van der Waals surface area contributed by atoms with Gasteiger partial charge in [-0.2, -0.15) is 4.98 Å². The van der Waals surface area contributed by atoms with Crippen molar-refractivity contribution in [3.8, 4) is 11.5 Å². The maximum atomic E-state index is 5.43. The summed E-state index contributed by atoms with van der Waals surface area (Å²) in [5, 5.41) is 13.9. The average Bonchev–Trinajstić information content (AvgIpc) is 2.83. The molecule has 0 unspecified atom stereocenters. The van der Waals surface area contributed by atoms with Gasteiger partial charge in [0.25, 0.3) is 5.89 Å². The lowest BCUT2D eigenvalue weighted by Crippen LogP contribution is -1.90. The summed E-state index contributed by atoms with van der Waals surface area (Å²) in [5.41, 5.74) is 5.65. The van der Waals surface area contributed by atoms with Crippen LogP contribution in [0.5, 0.6) is 0 Å². The molecule has 0 spiro atoms. The predicted octanol–water partition coefficient (Wildman–Crippen LogP) is -0.318. The van der Waals surface area contributed by atoms with E-state index in [1.165, 1.54) is 13.3 Å². The van der Waals surface area contributed by atoms with Crippen LogP contribution in [-0.4, -0.2) is 33.8 Å². The van der Waals surface area contributed by atoms with Gasteiger partial charge in [0.2, 0.25) is 5.82 Å². The van der Waals surface area contributed by atoms with Gasteiger partial charge in [-0.15, -0.1) is 0 Å². The molecule has 0 radical (unpaired) electrons. The quantitative estimate of drug-likeness (QED) is 0.539. The maximum Gasteiger partial charge on any atom is 0.272 e. The molecule has 0 aliphatic carbocycles. The lowest BCUT2D eigenvalue weighted by molar-refractivity contribution is 0.214. The largest absolute Gasteiger partial charge is 0.399 e. The second-order valence-corrected chi connectivity index (χ2v) is 2.37. The van der Waals surface area contributed by atoms with Crippen LogP contribution < -0.4 is 5.73 Å². The molecular formula is C6H6N6O3. The number of hydrogen-bond acceptors (Lipinski definition) is 9. The average molecular weight is 210 g/mol. The van der Waals surface area contributed by atoms with E-state index in [2.05, 4.69) is 35.1 Å². The molecule has 0 amide bonds. The highest BCUT2D eigenvalue weighted by atomic mass is 16.6. The predicted molar refractivity (Wildman–Crippen MR) is 46.6 cm³/mol. The van der Waals surface area contributed by atoms with Crippen molar-refractivity contribution in [3.05, 3.63) is 5.89 Å². The SMILES string of the molecule is CON=Cc1nc(-c2nonc2N)no1. The third-order valence-corrected chi connectivity index (χ3v) is 1.44. The van der Waals surface area contributed by atoms with Crippen LogP contribution in [-0.2, 0) is 4.84 Å². The van der Waals surface area contributed by atoms with Crippen molar-refractivity contribution in [1.82, 2.24) is 20.5 Å². The van der Waals surface area contributed by atoms with Crippen LogP contribution in [0, 0.1) is 0 Å². The summed E-state index contributed by atoms with van der Waals surface area (Å²) in [7, 11) is 1.40. The molecule has 78 valence electrons. The minimum absolute atomic E-state index is 0.0889. The zero-order chi connectivity index (χ0) is 10.7. The van der Waals surface area contributed by atoms with E-state index in [-0.39, 0.29) is 23.2 Å². The molecule has 0 fully saturated rings. The summed E-state index contributed by atoms with van der Waals surface area (Å²) in [5.74, 6) is 0.423. The fraction of sp³-hybridized carbons (Fsp3) is 0.167. The van der Waals surface area contributed by atoms with Crippen molar-refractivity contribution in [1.29, 1.82) is 0 Å². The van der Waals surface area contributed by atoms with Crippen molar-refractivity contribution in [2.45, 2.75) is 0 Å². The number of nitrogen functional groups attached to an aromatic ring is 1. The molecule has 15 heavy (non-hydrogen) atoms. The van der Waals surface area contributed by atoms with Gasteiger partial charge in [0.05, 0.1) is 0 Å². The molecule has 0 saturated carbocycles. The highest BCUT2D eigenvalue weighted by Gasteiger charge is 2.15. The molecule has 2 N–H and O–H groups in total. The van der Waals surface area contributed by atoms with E-state index < -0.39 is 0 Å². The van der Waals surface area contributed by atoms with E-state index >= 15 is 0 Å². The molecule has 0 bridgehead atoms. The Balaban J connectivity index is 2.28. The van der Waals surface area contributed by atoms with Crippen LogP contribution in [0.1, 0.15) is 5.89 Å². The molecule has 2 aromatic rings. The van der Waals surface area contributed by atoms with E-state index in [0.29, 0.717) is 0 Å². The molecule has 0 saturated heterocycles. The van der Waals surface area contributed by atoms with E-state index in [1.807, 2.05) is 0 Å². The fourth-order valence-corrected chi connectivity index (χ4v) is 0.832. The van der Waals surface area contributed by atoms with E-state index in [9.17, 15) is 0 Å². The van der Waals surface area contributed by atoms with Crippen LogP contribution in [0.4, 0.5) is 5.82 Å². The zero-order valence-corrected chi connectivity index (χ0v) is 7.62. The summed E-state index contributed by atoms with van der Waals surface area (Å²) >= 11 is 0. The highest BCUT2D eigenvalue weighted by molar-refractivity contribution is 5.74. The normalized spacial score (nSPS) is 11.0. The van der Waals surface area contributed by atoms with Crippen LogP contribution in [0.3, 0.4) is 0 Å². The first-order valence-corrected chi connectivity index (χ1v) is 3.80. The van der Waals surface area contributed by atoms with Crippen molar-refractivity contribution >= 4 is 12.0 Å². The Hall–Kier alpha value is -2.45. The number of anilines is 1. The summed E-state index contributed by atoms with van der Waals surface area (Å²) < 4.78 is 9.18. The second kappa shape index (κ2) is 3.74. The Morgan fingerprint density at radius 1 is 1.40 bits per heavy atom. The minimum Gasteiger partial charge on any atom is -0.399 e.